The van der Waals surface area contributed by atoms with Crippen LogP contribution in [0.15, 0.2) is 0 Å². The maximum absolute atomic E-state index is 6.01. The molecule has 0 atom stereocenters. The molecule has 0 saturated carbocycles. The third-order valence-electron chi connectivity index (χ3n) is 6.10. The summed E-state index contributed by atoms with van der Waals surface area (Å²) in [5.41, 5.74) is 2.20. The molecule has 0 aromatic carbocycles. The Kier molecular flexibility index (Phi) is 4.04. The number of aryl methyl sites for hydroxylation is 1. The molecule has 0 unspecified atom stereocenters. The molecule has 0 bridgehead atoms. The third-order valence-corrected chi connectivity index (χ3v) is 7.20. The van der Waals surface area contributed by atoms with Crippen LogP contribution in [-0.2, 0) is 24.3 Å². The number of rotatable bonds is 2. The predicted molar refractivity (Wildman–Crippen MR) is 106 cm³/mol. The minimum atomic E-state index is -0.139. The Morgan fingerprint density at radius 3 is 2.81 bits per heavy atom. The number of hydrogen-bond acceptors (Lipinski definition) is 5. The van der Waals surface area contributed by atoms with Crippen molar-refractivity contribution in [1.82, 2.24) is 19.6 Å². The quantitative estimate of drug-likeness (QED) is 0.734. The first-order valence-corrected chi connectivity index (χ1v) is 10.9. The van der Waals surface area contributed by atoms with E-state index >= 15 is 0 Å². The summed E-state index contributed by atoms with van der Waals surface area (Å²) in [4.78, 5) is 13.8. The zero-order valence-corrected chi connectivity index (χ0v) is 17.4. The average molecular weight is 387 g/mol. The van der Waals surface area contributed by atoms with E-state index in [0.717, 1.165) is 41.0 Å². The van der Waals surface area contributed by atoms with Crippen molar-refractivity contribution in [2.24, 2.45) is 5.92 Å². The lowest BCUT2D eigenvalue weighted by Gasteiger charge is -2.30. The molecule has 2 aliphatic rings. The summed E-state index contributed by atoms with van der Waals surface area (Å²) in [6.45, 7) is 12.7. The van der Waals surface area contributed by atoms with Crippen LogP contribution in [0.3, 0.4) is 0 Å². The molecule has 7 heteroatoms. The van der Waals surface area contributed by atoms with Crippen LogP contribution in [0.25, 0.3) is 15.9 Å². The number of thiophene rings is 1. The summed E-state index contributed by atoms with van der Waals surface area (Å²) in [5, 5.41) is 6.03. The molecule has 0 amide bonds. The average Bonchev–Trinajstić information content (AvgIpc) is 3.17. The first kappa shape index (κ1) is 17.5. The molecule has 3 aromatic heterocycles. The number of likely N-dealkylation sites (tertiary alicyclic amines) is 1. The van der Waals surface area contributed by atoms with Crippen LogP contribution in [0.4, 0.5) is 0 Å². The number of piperidine rings is 1. The van der Waals surface area contributed by atoms with Crippen molar-refractivity contribution in [3.63, 3.8) is 0 Å². The van der Waals surface area contributed by atoms with Crippen molar-refractivity contribution in [3.05, 3.63) is 22.1 Å². The van der Waals surface area contributed by atoms with Crippen LogP contribution in [-0.4, -0.2) is 38.3 Å². The van der Waals surface area contributed by atoms with Gasteiger partial charge in [-0.25, -0.2) is 9.97 Å². The lowest BCUT2D eigenvalue weighted by Crippen LogP contribution is -3.11. The Balaban J connectivity index is 1.58. The zero-order chi connectivity index (χ0) is 18.8. The third kappa shape index (κ3) is 3.05. The van der Waals surface area contributed by atoms with Gasteiger partial charge in [-0.2, -0.15) is 4.52 Å². The van der Waals surface area contributed by atoms with Crippen LogP contribution in [0.2, 0.25) is 0 Å². The smallest absolute Gasteiger partial charge is 0.206 e. The van der Waals surface area contributed by atoms with E-state index in [2.05, 4.69) is 20.8 Å². The molecule has 5 heterocycles. The minimum Gasteiger partial charge on any atom is -0.370 e. The Hall–Kier alpha value is -1.57. The molecule has 0 aliphatic carbocycles. The Morgan fingerprint density at radius 1 is 1.26 bits per heavy atom. The highest BCUT2D eigenvalue weighted by Gasteiger charge is 2.31. The van der Waals surface area contributed by atoms with E-state index in [9.17, 15) is 0 Å². The number of nitrogens with zero attached hydrogens (tertiary/aromatic N) is 4. The van der Waals surface area contributed by atoms with Gasteiger partial charge >= 0.3 is 0 Å². The molecule has 1 fully saturated rings. The fourth-order valence-electron chi connectivity index (χ4n) is 4.43. The van der Waals surface area contributed by atoms with E-state index in [-0.39, 0.29) is 5.60 Å². The van der Waals surface area contributed by atoms with Gasteiger partial charge in [-0.05, 0) is 45.1 Å². The number of quaternary nitrogens is 1. The Morgan fingerprint density at radius 2 is 2.04 bits per heavy atom. The van der Waals surface area contributed by atoms with Gasteiger partial charge in [-0.3, -0.25) is 0 Å². The van der Waals surface area contributed by atoms with E-state index in [1.54, 1.807) is 16.2 Å². The van der Waals surface area contributed by atoms with Gasteiger partial charge in [-0.1, -0.05) is 6.92 Å². The van der Waals surface area contributed by atoms with Crippen LogP contribution >= 0.6 is 11.3 Å². The fourth-order valence-corrected chi connectivity index (χ4v) is 5.57. The lowest BCUT2D eigenvalue weighted by molar-refractivity contribution is -0.920. The van der Waals surface area contributed by atoms with Gasteiger partial charge < -0.3 is 9.64 Å². The molecule has 1 N–H and O–H groups in total. The lowest BCUT2D eigenvalue weighted by atomic mass is 9.94. The first-order chi connectivity index (χ1) is 12.9. The van der Waals surface area contributed by atoms with E-state index in [0.29, 0.717) is 6.61 Å². The van der Waals surface area contributed by atoms with Crippen molar-refractivity contribution in [2.75, 3.05) is 13.1 Å². The van der Waals surface area contributed by atoms with Gasteiger partial charge in [0.2, 0.25) is 5.82 Å². The molecule has 3 aromatic rings. The molecule has 0 radical (unpaired) electrons. The SMILES string of the molecule is Cc1nc2sc3c(c2c2nc(C[NH+]4CCC(C)CC4)nn12)CC(C)(C)OC3. The van der Waals surface area contributed by atoms with Gasteiger partial charge in [0.15, 0.2) is 5.65 Å². The number of ether oxygens (including phenoxy) is 1. The van der Waals surface area contributed by atoms with Crippen molar-refractivity contribution in [3.8, 4) is 0 Å². The molecular formula is C20H28N5OS+. The topological polar surface area (TPSA) is 56.8 Å². The largest absolute Gasteiger partial charge is 0.370 e. The van der Waals surface area contributed by atoms with Crippen LogP contribution in [0.5, 0.6) is 0 Å². The van der Waals surface area contributed by atoms with Gasteiger partial charge in [0.25, 0.3) is 0 Å². The summed E-state index contributed by atoms with van der Waals surface area (Å²) in [7, 11) is 0. The maximum Gasteiger partial charge on any atom is 0.206 e. The first-order valence-electron chi connectivity index (χ1n) is 10.0. The highest BCUT2D eigenvalue weighted by atomic mass is 32.1. The van der Waals surface area contributed by atoms with Gasteiger partial charge in [0.05, 0.1) is 30.7 Å². The van der Waals surface area contributed by atoms with Crippen LogP contribution in [0, 0.1) is 12.8 Å². The van der Waals surface area contributed by atoms with Gasteiger partial charge in [-0.15, -0.1) is 16.4 Å². The van der Waals surface area contributed by atoms with Crippen molar-refractivity contribution in [2.45, 2.75) is 65.7 Å². The Labute approximate surface area is 163 Å². The predicted octanol–water partition coefficient (Wildman–Crippen LogP) is 2.31. The normalized spacial score (nSPS) is 25.2. The number of nitrogens with one attached hydrogen (secondary N) is 1. The molecule has 6 nitrogen and oxygen atoms in total. The summed E-state index contributed by atoms with van der Waals surface area (Å²) >= 11 is 1.75. The van der Waals surface area contributed by atoms with Crippen LogP contribution < -0.4 is 4.90 Å². The van der Waals surface area contributed by atoms with Crippen LogP contribution in [0.1, 0.15) is 55.7 Å². The second-order valence-electron chi connectivity index (χ2n) is 8.94. The van der Waals surface area contributed by atoms with Crippen molar-refractivity contribution in [1.29, 1.82) is 0 Å². The molecule has 2 aliphatic heterocycles. The number of hydrogen-bond donors (Lipinski definition) is 1. The van der Waals surface area contributed by atoms with E-state index < -0.39 is 0 Å². The standard InChI is InChI=1S/C20H27N5OS/c1-12-5-7-24(8-6-12)10-16-22-18-17-14-9-20(3,4)26-11-15(14)27-19(17)21-13(2)25(18)23-16/h12H,5-11H2,1-4H3/p+1. The summed E-state index contributed by atoms with van der Waals surface area (Å²) < 4.78 is 7.97. The molecule has 0 spiro atoms. The summed E-state index contributed by atoms with van der Waals surface area (Å²) in [6, 6.07) is 0. The molecule has 5 rings (SSSR count). The maximum atomic E-state index is 6.01. The molecule has 144 valence electrons. The van der Waals surface area contributed by atoms with E-state index in [4.69, 9.17) is 19.8 Å². The summed E-state index contributed by atoms with van der Waals surface area (Å²) in [5.74, 6) is 2.72. The molecular weight excluding hydrogens is 358 g/mol. The highest BCUT2D eigenvalue weighted by molar-refractivity contribution is 7.19. The minimum absolute atomic E-state index is 0.139. The van der Waals surface area contributed by atoms with Crippen molar-refractivity contribution < 1.29 is 9.64 Å². The second kappa shape index (κ2) is 6.22. The Bertz CT molecular complexity index is 1010. The van der Waals surface area contributed by atoms with Gasteiger partial charge in [0, 0.05) is 11.3 Å². The molecule has 27 heavy (non-hydrogen) atoms. The molecule has 1 saturated heterocycles. The van der Waals surface area contributed by atoms with E-state index in [1.165, 1.54) is 41.8 Å². The van der Waals surface area contributed by atoms with Crippen molar-refractivity contribution >= 4 is 27.2 Å². The fraction of sp³-hybridized carbons (Fsp3) is 0.650. The number of fused-ring (bicyclic) bond motifs is 5. The second-order valence-corrected chi connectivity index (χ2v) is 10.0. The highest BCUT2D eigenvalue weighted by Crippen LogP contribution is 2.39. The van der Waals surface area contributed by atoms with Gasteiger partial charge in [0.1, 0.15) is 17.2 Å². The monoisotopic (exact) mass is 386 g/mol. The summed E-state index contributed by atoms with van der Waals surface area (Å²) in [6.07, 6.45) is 3.52. The number of aromatic nitrogens is 4. The zero-order valence-electron chi connectivity index (χ0n) is 16.6. The van der Waals surface area contributed by atoms with E-state index in [1.807, 2.05) is 11.4 Å².